The molecule has 5 aliphatic carbocycles. The zero-order chi connectivity index (χ0) is 36.1. The van der Waals surface area contributed by atoms with Crippen LogP contribution in [0.25, 0.3) is 16.7 Å². The van der Waals surface area contributed by atoms with Gasteiger partial charge in [-0.05, 0) is 93.3 Å². The molecule has 2 heterocycles. The van der Waals surface area contributed by atoms with Gasteiger partial charge in [-0.25, -0.2) is 4.99 Å². The number of fused-ring (bicyclic) bond motifs is 13. The second kappa shape index (κ2) is 12.4. The summed E-state index contributed by atoms with van der Waals surface area (Å²) in [5.41, 5.74) is 17.5. The lowest BCUT2D eigenvalue weighted by molar-refractivity contribution is 0.232. The maximum absolute atomic E-state index is 5.34. The normalized spacial score (nSPS) is 26.1. The smallest absolute Gasteiger partial charge is 0.155 e. The van der Waals surface area contributed by atoms with Crippen LogP contribution in [0.1, 0.15) is 115 Å². The Kier molecular flexibility index (Phi) is 7.32. The molecule has 2 aliphatic heterocycles. The van der Waals surface area contributed by atoms with Crippen molar-refractivity contribution in [1.29, 1.82) is 0 Å². The van der Waals surface area contributed by atoms with E-state index in [1.54, 1.807) is 27.8 Å². The number of hydrogen-bond acceptors (Lipinski definition) is 3. The number of thioether (sulfide) groups is 1. The van der Waals surface area contributed by atoms with Gasteiger partial charge < -0.3 is 0 Å². The van der Waals surface area contributed by atoms with E-state index in [0.29, 0.717) is 11.8 Å². The summed E-state index contributed by atoms with van der Waals surface area (Å²) in [5, 5.41) is 0.168. The average molecular weight is 731 g/mol. The standard InChI is InChI=1S/C52H46N2S/c1-4-15-35(16-5-1)50-53-47(49-48(54-50)39-18-7-9-22-45(39)55-49)34-25-23-33(24-26-34)36-19-14-20-38-41-32-43-40(31-44(41)52(46(36)38)29-12-3-13-30-52)37-17-6-8-21-42(37)51(43)27-10-2-11-28-51/h1,4-9,14-26,31-32,40,43,48-49H,2-3,10-13,27-30H2. The highest BCUT2D eigenvalue weighted by atomic mass is 32.2. The predicted octanol–water partition coefficient (Wildman–Crippen LogP) is 13.0. The van der Waals surface area contributed by atoms with Gasteiger partial charge in [0.25, 0.3) is 0 Å². The quantitative estimate of drug-likeness (QED) is 0.181. The molecule has 7 aliphatic rings. The van der Waals surface area contributed by atoms with Crippen molar-refractivity contribution >= 4 is 28.9 Å². The average Bonchev–Trinajstić information content (AvgIpc) is 3.85. The van der Waals surface area contributed by atoms with E-state index in [-0.39, 0.29) is 22.1 Å². The summed E-state index contributed by atoms with van der Waals surface area (Å²) in [6.07, 6.45) is 18.9. The summed E-state index contributed by atoms with van der Waals surface area (Å²) in [5.74, 6) is 1.89. The Morgan fingerprint density at radius 3 is 2.07 bits per heavy atom. The second-order valence-electron chi connectivity index (χ2n) is 17.3. The predicted molar refractivity (Wildman–Crippen MR) is 228 cm³/mol. The Morgan fingerprint density at radius 1 is 0.564 bits per heavy atom. The minimum atomic E-state index is 0.0660. The molecule has 4 unspecified atom stereocenters. The lowest BCUT2D eigenvalue weighted by atomic mass is 9.60. The van der Waals surface area contributed by atoms with Crippen LogP contribution in [0.3, 0.4) is 0 Å². The molecule has 270 valence electrons. The van der Waals surface area contributed by atoms with Gasteiger partial charge in [-0.3, -0.25) is 4.99 Å². The third kappa shape index (κ3) is 4.69. The lowest BCUT2D eigenvalue weighted by Gasteiger charge is -2.43. The first-order chi connectivity index (χ1) is 27.2. The Hall–Kier alpha value is -4.73. The first kappa shape index (κ1) is 32.5. The molecule has 3 heteroatoms. The fraction of sp³-hybridized carbons (Fsp3) is 0.308. The van der Waals surface area contributed by atoms with Crippen molar-refractivity contribution in [3.05, 3.63) is 178 Å². The van der Waals surface area contributed by atoms with Crippen molar-refractivity contribution in [1.82, 2.24) is 0 Å². The highest BCUT2D eigenvalue weighted by Gasteiger charge is 2.56. The monoisotopic (exact) mass is 730 g/mol. The summed E-state index contributed by atoms with van der Waals surface area (Å²) in [6.45, 7) is 0. The van der Waals surface area contributed by atoms with Crippen LogP contribution < -0.4 is 0 Å². The van der Waals surface area contributed by atoms with Gasteiger partial charge in [-0.2, -0.15) is 0 Å². The van der Waals surface area contributed by atoms with Crippen molar-refractivity contribution < 1.29 is 0 Å². The molecule has 2 nitrogen and oxygen atoms in total. The van der Waals surface area contributed by atoms with Crippen molar-refractivity contribution in [2.24, 2.45) is 15.9 Å². The van der Waals surface area contributed by atoms with Crippen LogP contribution in [-0.4, -0.2) is 16.8 Å². The molecule has 0 N–H and O–H groups in total. The molecule has 5 aromatic carbocycles. The number of rotatable bonds is 3. The minimum absolute atomic E-state index is 0.0660. The van der Waals surface area contributed by atoms with E-state index in [4.69, 9.17) is 9.98 Å². The van der Waals surface area contributed by atoms with E-state index in [2.05, 4.69) is 133 Å². The molecule has 2 saturated carbocycles. The lowest BCUT2D eigenvalue weighted by Crippen LogP contribution is -2.36. The van der Waals surface area contributed by atoms with Crippen molar-refractivity contribution in [2.45, 2.75) is 97.1 Å². The molecule has 55 heavy (non-hydrogen) atoms. The van der Waals surface area contributed by atoms with Crippen molar-refractivity contribution in [3.63, 3.8) is 0 Å². The number of benzene rings is 5. The number of allylic oxidation sites excluding steroid dienone is 4. The second-order valence-corrected chi connectivity index (χ2v) is 18.5. The Morgan fingerprint density at radius 2 is 1.25 bits per heavy atom. The summed E-state index contributed by atoms with van der Waals surface area (Å²) in [7, 11) is 0. The van der Waals surface area contributed by atoms with Crippen LogP contribution in [0.15, 0.2) is 154 Å². The van der Waals surface area contributed by atoms with Crippen LogP contribution in [0.2, 0.25) is 0 Å². The molecule has 0 aromatic heterocycles. The van der Waals surface area contributed by atoms with Gasteiger partial charge in [0.05, 0.1) is 17.0 Å². The van der Waals surface area contributed by atoms with Crippen LogP contribution in [0.4, 0.5) is 0 Å². The van der Waals surface area contributed by atoms with Crippen molar-refractivity contribution in [2.75, 3.05) is 0 Å². The largest absolute Gasteiger partial charge is 0.256 e. The number of hydrogen-bond donors (Lipinski definition) is 0. The van der Waals surface area contributed by atoms with Crippen LogP contribution >= 0.6 is 11.8 Å². The molecule has 0 radical (unpaired) electrons. The summed E-state index contributed by atoms with van der Waals surface area (Å²) >= 11 is 1.92. The Bertz CT molecular complexity index is 2490. The van der Waals surface area contributed by atoms with Gasteiger partial charge in [0.2, 0.25) is 0 Å². The first-order valence-electron chi connectivity index (χ1n) is 21.0. The Balaban J connectivity index is 0.968. The molecule has 2 fully saturated rings. The third-order valence-electron chi connectivity index (χ3n) is 14.7. The maximum Gasteiger partial charge on any atom is 0.155 e. The number of amidine groups is 1. The molecule has 2 spiro atoms. The highest BCUT2D eigenvalue weighted by molar-refractivity contribution is 8.01. The van der Waals surface area contributed by atoms with Crippen LogP contribution in [-0.2, 0) is 10.8 Å². The van der Waals surface area contributed by atoms with E-state index in [9.17, 15) is 0 Å². The third-order valence-corrected chi connectivity index (χ3v) is 16.1. The van der Waals surface area contributed by atoms with Gasteiger partial charge in [0.1, 0.15) is 0 Å². The zero-order valence-electron chi connectivity index (χ0n) is 31.4. The molecular weight excluding hydrogens is 685 g/mol. The van der Waals surface area contributed by atoms with Gasteiger partial charge in [-0.1, -0.05) is 166 Å². The number of aliphatic imine (C=N–C) groups is 2. The highest BCUT2D eigenvalue weighted by Crippen LogP contribution is 2.66. The van der Waals surface area contributed by atoms with Gasteiger partial charge in [-0.15, -0.1) is 11.8 Å². The van der Waals surface area contributed by atoms with Gasteiger partial charge >= 0.3 is 0 Å². The number of nitrogens with zero attached hydrogens (tertiary/aromatic N) is 2. The van der Waals surface area contributed by atoms with E-state index in [1.165, 1.54) is 96.9 Å². The molecule has 0 saturated heterocycles. The Labute approximate surface area is 329 Å². The molecule has 5 aromatic rings. The first-order valence-corrected chi connectivity index (χ1v) is 21.9. The van der Waals surface area contributed by atoms with Crippen LogP contribution in [0, 0.1) is 5.92 Å². The fourth-order valence-corrected chi connectivity index (χ4v) is 13.8. The molecule has 0 amide bonds. The fourth-order valence-electron chi connectivity index (χ4n) is 12.4. The van der Waals surface area contributed by atoms with E-state index in [1.807, 2.05) is 11.8 Å². The zero-order valence-corrected chi connectivity index (χ0v) is 32.2. The summed E-state index contributed by atoms with van der Waals surface area (Å²) in [6, 6.07) is 45.7. The molecular formula is C52H46N2S. The van der Waals surface area contributed by atoms with Crippen LogP contribution in [0.5, 0.6) is 0 Å². The summed E-state index contributed by atoms with van der Waals surface area (Å²) < 4.78 is 0. The SMILES string of the molecule is C1=C2C(=CC3c4ccccc4C4(CCCCC4)C13)C1(CCCCC1)c1c2cccc1-c1ccc(C2=NC(c3ccccc3)=NC3c4ccccc4SC23)cc1. The molecule has 12 rings (SSSR count). The minimum Gasteiger partial charge on any atom is -0.256 e. The topological polar surface area (TPSA) is 24.7 Å². The van der Waals surface area contributed by atoms with Gasteiger partial charge in [0.15, 0.2) is 5.84 Å². The maximum atomic E-state index is 5.34. The van der Waals surface area contributed by atoms with E-state index in [0.717, 1.165) is 17.1 Å². The summed E-state index contributed by atoms with van der Waals surface area (Å²) in [4.78, 5) is 11.9. The van der Waals surface area contributed by atoms with Gasteiger partial charge in [0, 0.05) is 27.2 Å². The van der Waals surface area contributed by atoms with E-state index >= 15 is 0 Å². The van der Waals surface area contributed by atoms with Crippen molar-refractivity contribution in [3.8, 4) is 11.1 Å². The van der Waals surface area contributed by atoms with E-state index < -0.39 is 0 Å². The molecule has 0 bridgehead atoms. The molecule has 4 atom stereocenters.